The first-order valence-corrected chi connectivity index (χ1v) is 8.87. The first kappa shape index (κ1) is 19.5. The van der Waals surface area contributed by atoms with Gasteiger partial charge in [0.05, 0.1) is 7.05 Å². The normalized spacial score (nSPS) is 20.0. The van der Waals surface area contributed by atoms with Gasteiger partial charge in [0.2, 0.25) is 0 Å². The maximum absolute atomic E-state index is 13.3. The highest BCUT2D eigenvalue weighted by Gasteiger charge is 2.50. The van der Waals surface area contributed by atoms with Crippen LogP contribution in [0.2, 0.25) is 0 Å². The van der Waals surface area contributed by atoms with Gasteiger partial charge in [-0.2, -0.15) is 5.01 Å². The molecule has 1 unspecified atom stereocenters. The van der Waals surface area contributed by atoms with E-state index >= 15 is 0 Å². The van der Waals surface area contributed by atoms with Crippen molar-refractivity contribution < 1.29 is 23.7 Å². The number of imide groups is 1. The molecule has 4 amide bonds. The summed E-state index contributed by atoms with van der Waals surface area (Å²) >= 11 is 0. The fourth-order valence-electron chi connectivity index (χ4n) is 3.20. The molecule has 1 fully saturated rings. The van der Waals surface area contributed by atoms with Crippen molar-refractivity contribution in [3.05, 3.63) is 71.5 Å². The molecule has 3 N–H and O–H groups in total. The number of urea groups is 1. The number of benzene rings is 2. The predicted molar refractivity (Wildman–Crippen MR) is 99.2 cm³/mol. The van der Waals surface area contributed by atoms with Crippen molar-refractivity contribution in [3.63, 3.8) is 0 Å². The molecule has 2 atom stereocenters. The second-order valence-corrected chi connectivity index (χ2v) is 7.04. The summed E-state index contributed by atoms with van der Waals surface area (Å²) in [6.07, 6.45) is 0. The minimum Gasteiger partial charge on any atom is -0.326 e. The minimum absolute atomic E-state index is 0.00955. The second kappa shape index (κ2) is 7.77. The number of nitrogens with one attached hydrogen (secondary N) is 3. The lowest BCUT2D eigenvalue weighted by atomic mass is 9.92. The Labute approximate surface area is 162 Å². The summed E-state index contributed by atoms with van der Waals surface area (Å²) in [5, 5.41) is 3.34. The zero-order chi connectivity index (χ0) is 20.3. The van der Waals surface area contributed by atoms with Crippen molar-refractivity contribution in [2.24, 2.45) is 0 Å². The van der Waals surface area contributed by atoms with Crippen molar-refractivity contribution in [3.8, 4) is 0 Å². The van der Waals surface area contributed by atoms with Gasteiger partial charge >= 0.3 is 6.03 Å². The molecule has 1 aliphatic heterocycles. The van der Waals surface area contributed by atoms with E-state index in [1.54, 1.807) is 50.4 Å². The van der Waals surface area contributed by atoms with Crippen LogP contribution >= 0.6 is 0 Å². The largest absolute Gasteiger partial charge is 0.344 e. The van der Waals surface area contributed by atoms with E-state index in [0.717, 1.165) is 10.5 Å². The van der Waals surface area contributed by atoms with E-state index in [1.165, 1.54) is 12.1 Å². The van der Waals surface area contributed by atoms with Crippen molar-refractivity contribution in [1.29, 1.82) is 0 Å². The Morgan fingerprint density at radius 1 is 1.18 bits per heavy atom. The second-order valence-electron chi connectivity index (χ2n) is 7.04. The smallest absolute Gasteiger partial charge is 0.326 e. The van der Waals surface area contributed by atoms with E-state index in [2.05, 4.69) is 10.7 Å². The van der Waals surface area contributed by atoms with Crippen LogP contribution in [0.5, 0.6) is 0 Å². The molecular weight excluding hydrogens is 363 g/mol. The zero-order valence-electron chi connectivity index (χ0n) is 15.7. The number of quaternary nitrogens is 1. The van der Waals surface area contributed by atoms with Gasteiger partial charge in [-0.3, -0.25) is 15.0 Å². The first-order chi connectivity index (χ1) is 13.3. The molecular formula is C20H22FN4O3+. The van der Waals surface area contributed by atoms with E-state index in [1.807, 2.05) is 6.07 Å². The molecule has 7 nitrogen and oxygen atoms in total. The molecule has 0 aromatic heterocycles. The van der Waals surface area contributed by atoms with Crippen LogP contribution in [-0.4, -0.2) is 36.4 Å². The number of rotatable bonds is 6. The van der Waals surface area contributed by atoms with Gasteiger partial charge in [-0.1, -0.05) is 42.5 Å². The molecule has 2 aromatic carbocycles. The highest BCUT2D eigenvalue weighted by atomic mass is 19.1. The lowest BCUT2D eigenvalue weighted by Crippen LogP contribution is -3.09. The van der Waals surface area contributed by atoms with Gasteiger partial charge < -0.3 is 10.2 Å². The summed E-state index contributed by atoms with van der Waals surface area (Å²) in [7, 11) is 1.77. The van der Waals surface area contributed by atoms with Crippen LogP contribution in [0, 0.1) is 5.82 Å². The van der Waals surface area contributed by atoms with Crippen LogP contribution in [0.25, 0.3) is 0 Å². The van der Waals surface area contributed by atoms with Crippen molar-refractivity contribution in [2.45, 2.75) is 19.0 Å². The summed E-state index contributed by atoms with van der Waals surface area (Å²) in [4.78, 5) is 38.1. The molecule has 1 heterocycles. The van der Waals surface area contributed by atoms with Crippen molar-refractivity contribution in [2.75, 3.05) is 13.6 Å². The lowest BCUT2D eigenvalue weighted by molar-refractivity contribution is -0.885. The topological polar surface area (TPSA) is 82.9 Å². The molecule has 8 heteroatoms. The molecule has 2 aromatic rings. The van der Waals surface area contributed by atoms with Crippen LogP contribution in [-0.2, 0) is 21.7 Å². The van der Waals surface area contributed by atoms with Gasteiger partial charge in [0, 0.05) is 5.56 Å². The number of hydrogen-bond acceptors (Lipinski definition) is 3. The quantitative estimate of drug-likeness (QED) is 0.627. The Balaban J connectivity index is 1.62. The van der Waals surface area contributed by atoms with Crippen LogP contribution in [0.1, 0.15) is 18.1 Å². The minimum atomic E-state index is -1.24. The van der Waals surface area contributed by atoms with Crippen LogP contribution < -0.4 is 15.6 Å². The van der Waals surface area contributed by atoms with Gasteiger partial charge in [-0.15, -0.1) is 0 Å². The highest BCUT2D eigenvalue weighted by molar-refractivity contribution is 6.08. The number of nitrogens with zero attached hydrogens (tertiary/aromatic N) is 1. The molecule has 0 spiro atoms. The summed E-state index contributed by atoms with van der Waals surface area (Å²) in [5.41, 5.74) is 2.50. The third-order valence-corrected chi connectivity index (χ3v) is 4.64. The number of halogens is 1. The van der Waals surface area contributed by atoms with Gasteiger partial charge in [0.1, 0.15) is 17.9 Å². The first-order valence-electron chi connectivity index (χ1n) is 8.87. The molecule has 0 radical (unpaired) electrons. The fourth-order valence-corrected chi connectivity index (χ4v) is 3.20. The van der Waals surface area contributed by atoms with E-state index in [9.17, 15) is 18.8 Å². The van der Waals surface area contributed by atoms with Gasteiger partial charge in [-0.05, 0) is 24.6 Å². The molecule has 3 rings (SSSR count). The molecule has 1 saturated heterocycles. The number of carbonyl (C=O) groups excluding carboxylic acids is 3. The maximum Gasteiger partial charge on any atom is 0.344 e. The van der Waals surface area contributed by atoms with E-state index in [4.69, 9.17) is 0 Å². The van der Waals surface area contributed by atoms with Gasteiger partial charge in [0.15, 0.2) is 6.54 Å². The molecule has 0 saturated carbocycles. The monoisotopic (exact) mass is 385 g/mol. The Morgan fingerprint density at radius 2 is 1.89 bits per heavy atom. The van der Waals surface area contributed by atoms with Crippen molar-refractivity contribution in [1.82, 2.24) is 15.8 Å². The zero-order valence-corrected chi connectivity index (χ0v) is 15.7. The third kappa shape index (κ3) is 4.01. The summed E-state index contributed by atoms with van der Waals surface area (Å²) in [6, 6.07) is 14.3. The number of carbonyl (C=O) groups is 3. The SMILES string of the molecule is C[NH+](CC(=O)NN1C(=O)N[C@](C)(c2ccccc2)C1=O)Cc1cccc(F)c1. The lowest BCUT2D eigenvalue weighted by Gasteiger charge is -2.22. The number of amides is 4. The summed E-state index contributed by atoms with van der Waals surface area (Å²) < 4.78 is 13.3. The average molecular weight is 385 g/mol. The Kier molecular flexibility index (Phi) is 5.41. The van der Waals surface area contributed by atoms with E-state index in [-0.39, 0.29) is 12.4 Å². The van der Waals surface area contributed by atoms with E-state index < -0.39 is 23.4 Å². The van der Waals surface area contributed by atoms with Crippen molar-refractivity contribution >= 4 is 17.8 Å². The van der Waals surface area contributed by atoms with Crippen LogP contribution in [0.4, 0.5) is 9.18 Å². The third-order valence-electron chi connectivity index (χ3n) is 4.64. The van der Waals surface area contributed by atoms with Gasteiger partial charge in [0.25, 0.3) is 11.8 Å². The summed E-state index contributed by atoms with van der Waals surface area (Å²) in [6.45, 7) is 2.03. The number of hydrogen-bond donors (Lipinski definition) is 3. The van der Waals surface area contributed by atoms with Crippen LogP contribution in [0.3, 0.4) is 0 Å². The molecule has 0 aliphatic carbocycles. The maximum atomic E-state index is 13.3. The van der Waals surface area contributed by atoms with E-state index in [0.29, 0.717) is 17.1 Å². The predicted octanol–water partition coefficient (Wildman–Crippen LogP) is 0.339. The Hall–Kier alpha value is -3.26. The molecule has 28 heavy (non-hydrogen) atoms. The standard InChI is InChI=1S/C20H21FN4O3/c1-20(15-8-4-3-5-9-15)18(27)25(19(28)22-20)23-17(26)13-24(2)12-14-7-6-10-16(21)11-14/h3-11H,12-13H2,1-2H3,(H,22,28)(H,23,26)/p+1/t20-/m1/s1. The van der Waals surface area contributed by atoms with Crippen LogP contribution in [0.15, 0.2) is 54.6 Å². The Bertz CT molecular complexity index is 905. The Morgan fingerprint density at radius 3 is 2.57 bits per heavy atom. The molecule has 0 bridgehead atoms. The molecule has 1 aliphatic rings. The van der Waals surface area contributed by atoms with Gasteiger partial charge in [-0.25, -0.2) is 9.18 Å². The summed E-state index contributed by atoms with van der Waals surface area (Å²) in [5.74, 6) is -1.39. The average Bonchev–Trinajstić information content (AvgIpc) is 2.86. The number of likely N-dealkylation sites (N-methyl/N-ethyl adjacent to an activating group) is 1. The fraction of sp³-hybridized carbons (Fsp3) is 0.250. The highest BCUT2D eigenvalue weighted by Crippen LogP contribution is 2.27. The molecule has 146 valence electrons. The number of hydrazine groups is 1.